The van der Waals surface area contributed by atoms with E-state index >= 15 is 0 Å². The lowest BCUT2D eigenvalue weighted by Crippen LogP contribution is -2.11. The number of nitrogens with zero attached hydrogens (tertiary/aromatic N) is 4. The molecule has 0 saturated carbocycles. The average Bonchev–Trinajstić information content (AvgIpc) is 3.20. The van der Waals surface area contributed by atoms with Gasteiger partial charge in [0.15, 0.2) is 11.6 Å². The van der Waals surface area contributed by atoms with E-state index in [1.54, 1.807) is 17.8 Å². The summed E-state index contributed by atoms with van der Waals surface area (Å²) in [5, 5.41) is 17.4. The van der Waals surface area contributed by atoms with Crippen molar-refractivity contribution in [1.29, 1.82) is 0 Å². The Bertz CT molecular complexity index is 829. The second-order valence-corrected chi connectivity index (χ2v) is 6.07. The van der Waals surface area contributed by atoms with Crippen LogP contribution in [0.25, 0.3) is 22.8 Å². The minimum absolute atomic E-state index is 0.275. The Morgan fingerprint density at radius 3 is 2.83 bits per heavy atom. The van der Waals surface area contributed by atoms with E-state index in [9.17, 15) is 4.79 Å². The first kappa shape index (κ1) is 16.3. The molecule has 24 heavy (non-hydrogen) atoms. The molecule has 0 unspecified atom stereocenters. The smallest absolute Gasteiger partial charge is 0.325 e. The number of carbonyl (C=O) groups is 1. The minimum atomic E-state index is -0.986. The number of carboxylic acid groups (broad SMARTS) is 1. The van der Waals surface area contributed by atoms with Gasteiger partial charge in [-0.1, -0.05) is 35.5 Å². The zero-order valence-corrected chi connectivity index (χ0v) is 13.9. The maximum atomic E-state index is 11.1. The fraction of sp³-hybridized carbons (Fsp3) is 0.250. The summed E-state index contributed by atoms with van der Waals surface area (Å²) in [5.74, 6) is 1.25. The lowest BCUT2D eigenvalue weighted by atomic mass is 10.1. The Morgan fingerprint density at radius 2 is 2.12 bits per heavy atom. The molecular formula is C16H16N4O3S. The third-order valence-electron chi connectivity index (χ3n) is 3.33. The molecular weight excluding hydrogens is 328 g/mol. The third kappa shape index (κ3) is 3.65. The van der Waals surface area contributed by atoms with Crippen molar-refractivity contribution in [2.45, 2.75) is 13.0 Å². The van der Waals surface area contributed by atoms with E-state index in [2.05, 4.69) is 15.2 Å². The van der Waals surface area contributed by atoms with Gasteiger partial charge in [0, 0.05) is 23.8 Å². The Morgan fingerprint density at radius 1 is 1.33 bits per heavy atom. The van der Waals surface area contributed by atoms with Gasteiger partial charge in [0.25, 0.3) is 0 Å². The largest absolute Gasteiger partial charge is 0.480 e. The molecule has 7 nitrogen and oxygen atoms in total. The highest BCUT2D eigenvalue weighted by molar-refractivity contribution is 7.98. The van der Waals surface area contributed by atoms with Gasteiger partial charge in [-0.3, -0.25) is 4.79 Å². The molecule has 0 aliphatic heterocycles. The summed E-state index contributed by atoms with van der Waals surface area (Å²) in [7, 11) is 0. The fourth-order valence-corrected chi connectivity index (χ4v) is 2.62. The molecule has 1 N–H and O–H groups in total. The normalized spacial score (nSPS) is 10.9. The topological polar surface area (TPSA) is 94.0 Å². The van der Waals surface area contributed by atoms with Crippen molar-refractivity contribution in [3.05, 3.63) is 42.2 Å². The predicted octanol–water partition coefficient (Wildman–Crippen LogP) is 2.59. The summed E-state index contributed by atoms with van der Waals surface area (Å²) in [5.41, 5.74) is 1.58. The van der Waals surface area contributed by atoms with Crippen LogP contribution in [0.1, 0.15) is 5.82 Å². The van der Waals surface area contributed by atoms with Crippen molar-refractivity contribution in [2.24, 2.45) is 0 Å². The summed E-state index contributed by atoms with van der Waals surface area (Å²) in [6.07, 6.45) is 2.66. The Kier molecular flexibility index (Phi) is 4.95. The Hall–Kier alpha value is -2.61. The number of hydrogen-bond donors (Lipinski definition) is 1. The van der Waals surface area contributed by atoms with Gasteiger partial charge in [0.2, 0.25) is 5.76 Å². The van der Waals surface area contributed by atoms with Crippen LogP contribution < -0.4 is 0 Å². The maximum Gasteiger partial charge on any atom is 0.325 e. The van der Waals surface area contributed by atoms with Crippen molar-refractivity contribution < 1.29 is 14.4 Å². The van der Waals surface area contributed by atoms with Gasteiger partial charge in [-0.25, -0.2) is 9.67 Å². The molecule has 3 rings (SSSR count). The van der Waals surface area contributed by atoms with E-state index < -0.39 is 5.97 Å². The van der Waals surface area contributed by atoms with E-state index in [0.29, 0.717) is 29.5 Å². The molecule has 0 aliphatic carbocycles. The van der Waals surface area contributed by atoms with Crippen molar-refractivity contribution in [3.63, 3.8) is 0 Å². The molecule has 0 bridgehead atoms. The van der Waals surface area contributed by atoms with Crippen LogP contribution >= 0.6 is 11.8 Å². The number of carboxylic acids is 1. The number of aryl methyl sites for hydroxylation is 1. The van der Waals surface area contributed by atoms with Crippen LogP contribution in [0.2, 0.25) is 0 Å². The molecule has 0 amide bonds. The fourth-order valence-electron chi connectivity index (χ4n) is 2.23. The molecule has 2 aromatic heterocycles. The second kappa shape index (κ2) is 7.31. The number of hydrogen-bond acceptors (Lipinski definition) is 6. The lowest BCUT2D eigenvalue weighted by Gasteiger charge is -1.98. The molecule has 2 heterocycles. The van der Waals surface area contributed by atoms with Gasteiger partial charge in [0.05, 0.1) is 0 Å². The van der Waals surface area contributed by atoms with Gasteiger partial charge in [-0.05, 0) is 6.26 Å². The minimum Gasteiger partial charge on any atom is -0.480 e. The third-order valence-corrected chi connectivity index (χ3v) is 3.94. The number of benzene rings is 1. The van der Waals surface area contributed by atoms with E-state index in [1.165, 1.54) is 4.68 Å². The van der Waals surface area contributed by atoms with Crippen molar-refractivity contribution in [1.82, 2.24) is 19.9 Å². The molecule has 0 spiro atoms. The molecule has 8 heteroatoms. The molecule has 0 fully saturated rings. The summed E-state index contributed by atoms with van der Waals surface area (Å²) in [6.45, 7) is -0.275. The van der Waals surface area contributed by atoms with E-state index in [1.807, 2.05) is 36.6 Å². The highest BCUT2D eigenvalue weighted by atomic mass is 32.2. The molecule has 3 aromatic rings. The summed E-state index contributed by atoms with van der Waals surface area (Å²) in [4.78, 5) is 15.5. The molecule has 124 valence electrons. The van der Waals surface area contributed by atoms with E-state index in [0.717, 1.165) is 11.3 Å². The van der Waals surface area contributed by atoms with Crippen LogP contribution in [0.15, 0.2) is 40.9 Å². The molecule has 0 aliphatic rings. The quantitative estimate of drug-likeness (QED) is 0.704. The first-order chi connectivity index (χ1) is 11.7. The van der Waals surface area contributed by atoms with Gasteiger partial charge >= 0.3 is 5.97 Å². The number of thioether (sulfide) groups is 1. The van der Waals surface area contributed by atoms with Crippen LogP contribution in [0.5, 0.6) is 0 Å². The monoisotopic (exact) mass is 344 g/mol. The van der Waals surface area contributed by atoms with Crippen LogP contribution in [0, 0.1) is 0 Å². The second-order valence-electron chi connectivity index (χ2n) is 5.09. The van der Waals surface area contributed by atoms with Crippen LogP contribution in [-0.2, 0) is 17.8 Å². The lowest BCUT2D eigenvalue weighted by molar-refractivity contribution is -0.137. The highest BCUT2D eigenvalue weighted by Gasteiger charge is 2.18. The number of aromatic nitrogens is 4. The Labute approximate surface area is 142 Å². The Balaban J connectivity index is 1.94. The number of rotatable bonds is 7. The predicted molar refractivity (Wildman–Crippen MR) is 90.7 cm³/mol. The zero-order valence-electron chi connectivity index (χ0n) is 13.0. The standard InChI is InChI=1S/C16H16N4O3S/c1-24-8-7-14-17-16(20(18-14)10-15(21)22)13-9-12(19-23-13)11-5-3-2-4-6-11/h2-6,9H,7-8,10H2,1H3,(H,21,22). The van der Waals surface area contributed by atoms with Crippen LogP contribution in [0.4, 0.5) is 0 Å². The van der Waals surface area contributed by atoms with Crippen LogP contribution in [0.3, 0.4) is 0 Å². The summed E-state index contributed by atoms with van der Waals surface area (Å²) < 4.78 is 6.71. The van der Waals surface area contributed by atoms with E-state index in [4.69, 9.17) is 9.63 Å². The van der Waals surface area contributed by atoms with Gasteiger partial charge in [-0.2, -0.15) is 16.9 Å². The van der Waals surface area contributed by atoms with Crippen molar-refractivity contribution in [3.8, 4) is 22.8 Å². The summed E-state index contributed by atoms with van der Waals surface area (Å²) >= 11 is 1.68. The maximum absolute atomic E-state index is 11.1. The zero-order chi connectivity index (χ0) is 16.9. The first-order valence-electron chi connectivity index (χ1n) is 7.34. The molecule has 0 atom stereocenters. The molecule has 0 radical (unpaired) electrons. The average molecular weight is 344 g/mol. The first-order valence-corrected chi connectivity index (χ1v) is 8.73. The van der Waals surface area contributed by atoms with Crippen LogP contribution in [-0.4, -0.2) is 43.0 Å². The highest BCUT2D eigenvalue weighted by Crippen LogP contribution is 2.25. The van der Waals surface area contributed by atoms with Gasteiger partial charge in [-0.15, -0.1) is 0 Å². The van der Waals surface area contributed by atoms with Crippen molar-refractivity contribution >= 4 is 17.7 Å². The molecule has 0 saturated heterocycles. The van der Waals surface area contributed by atoms with E-state index in [-0.39, 0.29) is 6.54 Å². The summed E-state index contributed by atoms with van der Waals surface area (Å²) in [6, 6.07) is 11.3. The van der Waals surface area contributed by atoms with Gasteiger partial charge < -0.3 is 9.63 Å². The SMILES string of the molecule is CSCCc1nc(-c2cc(-c3ccccc3)no2)n(CC(=O)O)n1. The van der Waals surface area contributed by atoms with Gasteiger partial charge in [0.1, 0.15) is 12.2 Å². The number of aliphatic carboxylic acids is 1. The van der Waals surface area contributed by atoms with Crippen molar-refractivity contribution in [2.75, 3.05) is 12.0 Å². The molecule has 1 aromatic carbocycles.